The van der Waals surface area contributed by atoms with Crippen molar-refractivity contribution < 1.29 is 0 Å². The Labute approximate surface area is 76.0 Å². The SMILES string of the molecule is C=C/C=C(/C(=C)C)C(C)C=CC. The molecular weight excluding hydrogens is 144 g/mol. The van der Waals surface area contributed by atoms with Gasteiger partial charge in [-0.05, 0) is 25.3 Å². The molecule has 0 nitrogen and oxygen atoms in total. The summed E-state index contributed by atoms with van der Waals surface area (Å²) in [6.45, 7) is 13.8. The van der Waals surface area contributed by atoms with E-state index in [1.54, 1.807) is 0 Å². The molecule has 1 atom stereocenters. The fourth-order valence-corrected chi connectivity index (χ4v) is 1.20. The van der Waals surface area contributed by atoms with Crippen molar-refractivity contribution in [2.75, 3.05) is 0 Å². The molecule has 0 fully saturated rings. The summed E-state index contributed by atoms with van der Waals surface area (Å²) >= 11 is 0. The molecule has 0 aromatic heterocycles. The lowest BCUT2D eigenvalue weighted by Gasteiger charge is -2.10. The van der Waals surface area contributed by atoms with Crippen LogP contribution in [0, 0.1) is 5.92 Å². The second kappa shape index (κ2) is 5.59. The van der Waals surface area contributed by atoms with Crippen molar-refractivity contribution in [3.8, 4) is 0 Å². The molecule has 0 spiro atoms. The van der Waals surface area contributed by atoms with Crippen LogP contribution in [0.5, 0.6) is 0 Å². The largest absolute Gasteiger partial charge is 0.0991 e. The molecule has 0 bridgehead atoms. The summed E-state index contributed by atoms with van der Waals surface area (Å²) in [4.78, 5) is 0. The van der Waals surface area contributed by atoms with Crippen LogP contribution >= 0.6 is 0 Å². The van der Waals surface area contributed by atoms with Crippen LogP contribution in [0.2, 0.25) is 0 Å². The van der Waals surface area contributed by atoms with E-state index in [4.69, 9.17) is 0 Å². The smallest absolute Gasteiger partial charge is 0.000814 e. The Hall–Kier alpha value is -1.04. The van der Waals surface area contributed by atoms with Gasteiger partial charge in [0, 0.05) is 0 Å². The Morgan fingerprint density at radius 3 is 2.33 bits per heavy atom. The lowest BCUT2D eigenvalue weighted by molar-refractivity contribution is 0.871. The van der Waals surface area contributed by atoms with Gasteiger partial charge < -0.3 is 0 Å². The summed E-state index contributed by atoms with van der Waals surface area (Å²) in [6.07, 6.45) is 8.05. The lowest BCUT2D eigenvalue weighted by Crippen LogP contribution is -1.96. The highest BCUT2D eigenvalue weighted by Crippen LogP contribution is 2.19. The molecular formula is C12H18. The summed E-state index contributed by atoms with van der Waals surface area (Å²) < 4.78 is 0. The first kappa shape index (κ1) is 11.0. The first-order chi connectivity index (χ1) is 5.63. The van der Waals surface area contributed by atoms with Gasteiger partial charge in [0.05, 0.1) is 0 Å². The molecule has 0 saturated carbocycles. The van der Waals surface area contributed by atoms with E-state index in [0.29, 0.717) is 5.92 Å². The van der Waals surface area contributed by atoms with Crippen LogP contribution in [0.4, 0.5) is 0 Å². The Bertz CT molecular complexity index is 216. The topological polar surface area (TPSA) is 0 Å². The minimum absolute atomic E-state index is 0.436. The molecule has 0 N–H and O–H groups in total. The van der Waals surface area contributed by atoms with Crippen molar-refractivity contribution in [1.82, 2.24) is 0 Å². The number of allylic oxidation sites excluding steroid dienone is 6. The lowest BCUT2D eigenvalue weighted by atomic mass is 9.95. The molecule has 1 unspecified atom stereocenters. The van der Waals surface area contributed by atoms with Gasteiger partial charge in [-0.1, -0.05) is 50.0 Å². The molecule has 66 valence electrons. The van der Waals surface area contributed by atoms with Crippen LogP contribution in [-0.4, -0.2) is 0 Å². The van der Waals surface area contributed by atoms with Gasteiger partial charge in [0.15, 0.2) is 0 Å². The molecule has 0 heterocycles. The molecule has 0 rings (SSSR count). The van der Waals surface area contributed by atoms with E-state index in [1.165, 1.54) is 5.57 Å². The highest BCUT2D eigenvalue weighted by Gasteiger charge is 2.03. The van der Waals surface area contributed by atoms with E-state index in [0.717, 1.165) is 5.57 Å². The van der Waals surface area contributed by atoms with Gasteiger partial charge >= 0.3 is 0 Å². The maximum Gasteiger partial charge on any atom is -0.000814 e. The van der Waals surface area contributed by atoms with E-state index in [1.807, 2.05) is 26.0 Å². The molecule has 0 aliphatic rings. The van der Waals surface area contributed by atoms with Crippen molar-refractivity contribution >= 4 is 0 Å². The zero-order valence-corrected chi connectivity index (χ0v) is 8.30. The van der Waals surface area contributed by atoms with E-state index in [9.17, 15) is 0 Å². The van der Waals surface area contributed by atoms with E-state index in [-0.39, 0.29) is 0 Å². The van der Waals surface area contributed by atoms with Crippen LogP contribution in [0.1, 0.15) is 20.8 Å². The summed E-state index contributed by atoms with van der Waals surface area (Å²) in [5, 5.41) is 0. The van der Waals surface area contributed by atoms with Crippen molar-refractivity contribution in [3.63, 3.8) is 0 Å². The van der Waals surface area contributed by atoms with Gasteiger partial charge in [0.2, 0.25) is 0 Å². The highest BCUT2D eigenvalue weighted by atomic mass is 14.1. The zero-order chi connectivity index (χ0) is 9.56. The number of hydrogen-bond donors (Lipinski definition) is 0. The van der Waals surface area contributed by atoms with Gasteiger partial charge in [0.1, 0.15) is 0 Å². The fourth-order valence-electron chi connectivity index (χ4n) is 1.20. The van der Waals surface area contributed by atoms with Gasteiger partial charge in [-0.2, -0.15) is 0 Å². The fraction of sp³-hybridized carbons (Fsp3) is 0.333. The summed E-state index contributed by atoms with van der Waals surface area (Å²) in [5.41, 5.74) is 2.36. The van der Waals surface area contributed by atoms with Crippen molar-refractivity contribution in [2.24, 2.45) is 5.92 Å². The third kappa shape index (κ3) is 3.38. The van der Waals surface area contributed by atoms with Crippen molar-refractivity contribution in [2.45, 2.75) is 20.8 Å². The first-order valence-corrected chi connectivity index (χ1v) is 4.24. The van der Waals surface area contributed by atoms with Crippen LogP contribution in [0.3, 0.4) is 0 Å². The zero-order valence-electron chi connectivity index (χ0n) is 8.30. The van der Waals surface area contributed by atoms with Gasteiger partial charge in [-0.25, -0.2) is 0 Å². The quantitative estimate of drug-likeness (QED) is 0.434. The molecule has 0 saturated heterocycles. The van der Waals surface area contributed by atoms with E-state index >= 15 is 0 Å². The second-order valence-corrected chi connectivity index (χ2v) is 2.95. The molecule has 0 radical (unpaired) electrons. The highest BCUT2D eigenvalue weighted by molar-refractivity contribution is 5.33. The first-order valence-electron chi connectivity index (χ1n) is 4.24. The average Bonchev–Trinajstić information content (AvgIpc) is 1.99. The standard InChI is InChI=1S/C12H18/c1-6-8-11(5)12(9-7-2)10(3)4/h6-9,11H,2-3H2,1,4-5H3/b8-6?,12-9-. The molecule has 0 aromatic carbocycles. The monoisotopic (exact) mass is 162 g/mol. The maximum atomic E-state index is 3.93. The second-order valence-electron chi connectivity index (χ2n) is 2.95. The Balaban J connectivity index is 4.62. The summed E-state index contributed by atoms with van der Waals surface area (Å²) in [7, 11) is 0. The third-order valence-corrected chi connectivity index (χ3v) is 1.76. The normalized spacial score (nSPS) is 14.8. The number of hydrogen-bond acceptors (Lipinski definition) is 0. The molecule has 0 aliphatic carbocycles. The van der Waals surface area contributed by atoms with Crippen LogP contribution < -0.4 is 0 Å². The van der Waals surface area contributed by atoms with Gasteiger partial charge in [0.25, 0.3) is 0 Å². The molecule has 0 heteroatoms. The van der Waals surface area contributed by atoms with E-state index < -0.39 is 0 Å². The van der Waals surface area contributed by atoms with E-state index in [2.05, 4.69) is 32.2 Å². The Morgan fingerprint density at radius 2 is 2.00 bits per heavy atom. The molecule has 0 aliphatic heterocycles. The maximum absolute atomic E-state index is 3.93. The van der Waals surface area contributed by atoms with Gasteiger partial charge in [-0.15, -0.1) is 0 Å². The van der Waals surface area contributed by atoms with Crippen LogP contribution in [0.25, 0.3) is 0 Å². The Morgan fingerprint density at radius 1 is 1.42 bits per heavy atom. The molecule has 12 heavy (non-hydrogen) atoms. The predicted octanol–water partition coefficient (Wildman–Crippen LogP) is 3.89. The number of rotatable bonds is 4. The molecule has 0 amide bonds. The van der Waals surface area contributed by atoms with Crippen LogP contribution in [-0.2, 0) is 0 Å². The molecule has 0 aromatic rings. The minimum atomic E-state index is 0.436. The minimum Gasteiger partial charge on any atom is -0.0991 e. The third-order valence-electron chi connectivity index (χ3n) is 1.76. The Kier molecular flexibility index (Phi) is 5.11. The predicted molar refractivity (Wildman–Crippen MR) is 57.1 cm³/mol. The van der Waals surface area contributed by atoms with Crippen molar-refractivity contribution in [3.05, 3.63) is 48.6 Å². The summed E-state index contributed by atoms with van der Waals surface area (Å²) in [5.74, 6) is 0.436. The van der Waals surface area contributed by atoms with Crippen LogP contribution in [0.15, 0.2) is 48.6 Å². The van der Waals surface area contributed by atoms with Crippen molar-refractivity contribution in [1.29, 1.82) is 0 Å². The average molecular weight is 162 g/mol. The summed E-state index contributed by atoms with van der Waals surface area (Å²) in [6, 6.07) is 0. The van der Waals surface area contributed by atoms with Gasteiger partial charge in [-0.3, -0.25) is 0 Å².